The van der Waals surface area contributed by atoms with Crippen molar-refractivity contribution in [2.45, 2.75) is 32.0 Å². The second-order valence-corrected chi connectivity index (χ2v) is 10.8. The van der Waals surface area contributed by atoms with Gasteiger partial charge in [-0.3, -0.25) is 14.4 Å². The van der Waals surface area contributed by atoms with Crippen molar-refractivity contribution in [1.82, 2.24) is 25.5 Å². The summed E-state index contributed by atoms with van der Waals surface area (Å²) in [5, 5.41) is 5.95. The number of hydrogen-bond acceptors (Lipinski definition) is 7. The molecule has 3 N–H and O–H groups in total. The summed E-state index contributed by atoms with van der Waals surface area (Å²) in [4.78, 5) is 49.2. The maximum atomic E-state index is 13.9. The predicted octanol–water partition coefficient (Wildman–Crippen LogP) is 3.49. The molecule has 3 aromatic carbocycles. The number of benzene rings is 3. The monoisotopic (exact) mass is 595 g/mol. The number of rotatable bonds is 3. The van der Waals surface area contributed by atoms with E-state index < -0.39 is 12.1 Å². The first-order valence-corrected chi connectivity index (χ1v) is 14.4. The Morgan fingerprint density at radius 2 is 1.95 bits per heavy atom. The van der Waals surface area contributed by atoms with Crippen LogP contribution >= 0.6 is 0 Å². The largest absolute Gasteiger partial charge is 0.496 e. The molecule has 0 radical (unpaired) electrons. The number of aryl methyl sites for hydroxylation is 1. The smallest absolute Gasteiger partial charge is 0.258 e. The van der Waals surface area contributed by atoms with Gasteiger partial charge in [-0.15, -0.1) is 0 Å². The second-order valence-electron chi connectivity index (χ2n) is 10.8. The Kier molecular flexibility index (Phi) is 8.18. The molecule has 0 aliphatic carbocycles. The summed E-state index contributed by atoms with van der Waals surface area (Å²) >= 11 is 0. The molecule has 11 heteroatoms. The van der Waals surface area contributed by atoms with E-state index in [0.29, 0.717) is 52.7 Å². The number of H-pyrrole nitrogens is 1. The van der Waals surface area contributed by atoms with Gasteiger partial charge in [-0.1, -0.05) is 24.3 Å². The van der Waals surface area contributed by atoms with Crippen LogP contribution in [-0.4, -0.2) is 71.5 Å². The minimum Gasteiger partial charge on any atom is -0.496 e. The lowest BCUT2D eigenvalue weighted by Gasteiger charge is -2.39. The Balaban J connectivity index is 1.32. The number of imidazole rings is 1. The average Bonchev–Trinajstić information content (AvgIpc) is 3.59. The first kappa shape index (κ1) is 28.8. The first-order chi connectivity index (χ1) is 21.4. The lowest BCUT2D eigenvalue weighted by atomic mass is 9.98. The van der Waals surface area contributed by atoms with E-state index in [1.54, 1.807) is 60.8 Å². The molecular formula is C33H33N5O6. The summed E-state index contributed by atoms with van der Waals surface area (Å²) in [6.07, 6.45) is 3.40. The van der Waals surface area contributed by atoms with Crippen molar-refractivity contribution < 1.29 is 28.6 Å². The van der Waals surface area contributed by atoms with Crippen LogP contribution in [0.5, 0.6) is 17.2 Å². The van der Waals surface area contributed by atoms with Gasteiger partial charge >= 0.3 is 0 Å². The third-order valence-electron chi connectivity index (χ3n) is 7.90. The summed E-state index contributed by atoms with van der Waals surface area (Å²) in [5.74, 6) is 1.32. The third kappa shape index (κ3) is 6.07. The molecule has 0 spiro atoms. The maximum absolute atomic E-state index is 13.9. The number of methoxy groups -OCH3 is 1. The number of piperidine rings is 1. The molecule has 3 amide bonds. The number of carbonyl (C=O) groups excluding carboxylic acids is 3. The van der Waals surface area contributed by atoms with Gasteiger partial charge in [-0.2, -0.15) is 0 Å². The Morgan fingerprint density at radius 1 is 1.09 bits per heavy atom. The van der Waals surface area contributed by atoms with Gasteiger partial charge in [-0.25, -0.2) is 4.98 Å². The summed E-state index contributed by atoms with van der Waals surface area (Å²) in [7, 11) is 1.55. The molecule has 226 valence electrons. The lowest BCUT2D eigenvalue weighted by molar-refractivity contribution is -0.123. The number of carbonyl (C=O) groups is 3. The number of nitrogens with one attached hydrogen (secondary N) is 3. The molecule has 4 bridgehead atoms. The predicted molar refractivity (Wildman–Crippen MR) is 162 cm³/mol. The molecular weight excluding hydrogens is 562 g/mol. The number of hydrogen-bond donors (Lipinski definition) is 3. The van der Waals surface area contributed by atoms with Gasteiger partial charge in [0.15, 0.2) is 6.61 Å². The highest BCUT2D eigenvalue weighted by Gasteiger charge is 2.35. The zero-order chi connectivity index (χ0) is 30.6. The van der Waals surface area contributed by atoms with E-state index in [9.17, 15) is 14.4 Å². The fourth-order valence-corrected chi connectivity index (χ4v) is 5.51. The van der Waals surface area contributed by atoms with Gasteiger partial charge in [0, 0.05) is 61.2 Å². The molecule has 3 aliphatic rings. The zero-order valence-electron chi connectivity index (χ0n) is 24.5. The number of likely N-dealkylation sites (tertiary alicyclic amines) is 1. The Labute approximate surface area is 254 Å². The fourth-order valence-electron chi connectivity index (χ4n) is 5.51. The quantitative estimate of drug-likeness (QED) is 0.330. The SMILES string of the molecule is COc1cc2ccc1CNC(=O)COc1cc(ccc1C)C(=O)N[C@H]1CN(C(=O)c3ccccc3-c3ncc[nH]3)CC[C@H]1O2. The lowest BCUT2D eigenvalue weighted by Crippen LogP contribution is -2.58. The van der Waals surface area contributed by atoms with E-state index in [4.69, 9.17) is 14.2 Å². The molecule has 1 fully saturated rings. The Hall–Kier alpha value is -5.32. The summed E-state index contributed by atoms with van der Waals surface area (Å²) < 4.78 is 17.8. The van der Waals surface area contributed by atoms with E-state index >= 15 is 0 Å². The van der Waals surface area contributed by atoms with E-state index in [2.05, 4.69) is 20.6 Å². The molecule has 2 atom stereocenters. The van der Waals surface area contributed by atoms with Gasteiger partial charge < -0.3 is 34.7 Å². The number of fused-ring (bicyclic) bond motifs is 7. The first-order valence-electron chi connectivity index (χ1n) is 14.4. The maximum Gasteiger partial charge on any atom is 0.258 e. The molecule has 7 rings (SSSR count). The van der Waals surface area contributed by atoms with Crippen LogP contribution in [0.1, 0.15) is 38.3 Å². The van der Waals surface area contributed by atoms with Crippen molar-refractivity contribution in [2.24, 2.45) is 0 Å². The zero-order valence-corrected chi connectivity index (χ0v) is 24.5. The topological polar surface area (TPSA) is 135 Å². The number of aromatic nitrogens is 2. The molecule has 4 heterocycles. The number of amides is 3. The molecule has 1 aromatic heterocycles. The molecule has 0 unspecified atom stereocenters. The number of nitrogens with zero attached hydrogens (tertiary/aromatic N) is 2. The van der Waals surface area contributed by atoms with Crippen molar-refractivity contribution in [3.63, 3.8) is 0 Å². The van der Waals surface area contributed by atoms with E-state index in [-0.39, 0.29) is 37.4 Å². The highest BCUT2D eigenvalue weighted by molar-refractivity contribution is 6.00. The van der Waals surface area contributed by atoms with Crippen molar-refractivity contribution in [3.8, 4) is 28.6 Å². The Bertz CT molecular complexity index is 1690. The van der Waals surface area contributed by atoms with Crippen LogP contribution in [0.4, 0.5) is 0 Å². The van der Waals surface area contributed by atoms with Crippen LogP contribution in [-0.2, 0) is 11.3 Å². The van der Waals surface area contributed by atoms with Crippen LogP contribution in [0.2, 0.25) is 0 Å². The highest BCUT2D eigenvalue weighted by atomic mass is 16.5. The summed E-state index contributed by atoms with van der Waals surface area (Å²) in [6, 6.07) is 17.3. The van der Waals surface area contributed by atoms with Crippen molar-refractivity contribution in [1.29, 1.82) is 0 Å². The van der Waals surface area contributed by atoms with Crippen LogP contribution in [0.15, 0.2) is 73.1 Å². The van der Waals surface area contributed by atoms with Crippen molar-refractivity contribution >= 4 is 17.7 Å². The Morgan fingerprint density at radius 3 is 2.77 bits per heavy atom. The van der Waals surface area contributed by atoms with Crippen LogP contribution in [0.25, 0.3) is 11.4 Å². The van der Waals surface area contributed by atoms with Gasteiger partial charge in [0.1, 0.15) is 29.2 Å². The number of aromatic amines is 1. The standard InChI is InChI=1S/C33H33N5O6/c1-20-7-8-21-15-28(20)43-19-30(39)36-17-22-9-10-23(16-29(22)42-2)44-27-11-14-38(18-26(27)37-32(21)40)33(41)25-6-4-3-5-24(25)31-34-12-13-35-31/h3-10,12-13,15-16,26-27H,11,14,17-19H2,1-2H3,(H,34,35)(H,36,39)(H,37,40)/t26-,27+/m0/s1. The third-order valence-corrected chi connectivity index (χ3v) is 7.90. The van der Waals surface area contributed by atoms with Crippen LogP contribution < -0.4 is 24.8 Å². The molecule has 1 saturated heterocycles. The molecule has 11 nitrogen and oxygen atoms in total. The minimum absolute atomic E-state index is 0.165. The van der Waals surface area contributed by atoms with E-state index in [1.807, 2.05) is 31.2 Å². The summed E-state index contributed by atoms with van der Waals surface area (Å²) in [5.41, 5.74) is 3.14. The van der Waals surface area contributed by atoms with E-state index in [0.717, 1.165) is 11.1 Å². The minimum atomic E-state index is -0.536. The van der Waals surface area contributed by atoms with Crippen LogP contribution in [0, 0.1) is 6.92 Å². The van der Waals surface area contributed by atoms with Gasteiger partial charge in [0.2, 0.25) is 0 Å². The molecule has 3 aliphatic heterocycles. The van der Waals surface area contributed by atoms with Crippen molar-refractivity contribution in [2.75, 3.05) is 26.8 Å². The molecule has 44 heavy (non-hydrogen) atoms. The summed E-state index contributed by atoms with van der Waals surface area (Å²) in [6.45, 7) is 2.53. The van der Waals surface area contributed by atoms with Crippen molar-refractivity contribution in [3.05, 3.63) is 95.3 Å². The second kappa shape index (κ2) is 12.5. The molecule has 0 saturated carbocycles. The highest BCUT2D eigenvalue weighted by Crippen LogP contribution is 2.29. The fraction of sp³-hybridized carbons (Fsp3) is 0.273. The van der Waals surface area contributed by atoms with Gasteiger partial charge in [0.05, 0.1) is 18.7 Å². The van der Waals surface area contributed by atoms with Crippen LogP contribution in [0.3, 0.4) is 0 Å². The van der Waals surface area contributed by atoms with Gasteiger partial charge in [0.25, 0.3) is 17.7 Å². The normalized spacial score (nSPS) is 18.6. The molecule has 4 aromatic rings. The number of ether oxygens (including phenoxy) is 3. The van der Waals surface area contributed by atoms with E-state index in [1.165, 1.54) is 0 Å². The average molecular weight is 596 g/mol. The van der Waals surface area contributed by atoms with Gasteiger partial charge in [-0.05, 0) is 42.8 Å².